The molecule has 0 N–H and O–H groups in total. The van der Waals surface area contributed by atoms with E-state index in [1.54, 1.807) is 28.9 Å². The van der Waals surface area contributed by atoms with E-state index in [9.17, 15) is 13.2 Å². The molecule has 4 heterocycles. The molecule has 0 unspecified atom stereocenters. The van der Waals surface area contributed by atoms with E-state index in [0.29, 0.717) is 25.9 Å². The third-order valence-electron chi connectivity index (χ3n) is 2.88. The molecule has 0 amide bonds. The Balaban J connectivity index is 1.87. The van der Waals surface area contributed by atoms with Crippen molar-refractivity contribution in [2.24, 2.45) is 0 Å². The largest absolute Gasteiger partial charge is 0.453 e. The first kappa shape index (κ1) is 13.5. The summed E-state index contributed by atoms with van der Waals surface area (Å²) >= 11 is 6.86. The molecule has 0 aromatic carbocycles. The van der Waals surface area contributed by atoms with Gasteiger partial charge in [0.25, 0.3) is 5.82 Å². The van der Waals surface area contributed by atoms with E-state index in [1.165, 1.54) is 0 Å². The van der Waals surface area contributed by atoms with Gasteiger partial charge in [-0.2, -0.15) is 22.8 Å². The molecular weight excluding hydrogens is 341 g/mol. The minimum Gasteiger partial charge on any atom is -0.305 e. The van der Waals surface area contributed by atoms with E-state index in [2.05, 4.69) is 20.3 Å². The second kappa shape index (κ2) is 4.40. The van der Waals surface area contributed by atoms with Crippen molar-refractivity contribution in [1.29, 1.82) is 0 Å². The van der Waals surface area contributed by atoms with Crippen molar-refractivity contribution >= 4 is 33.5 Å². The van der Waals surface area contributed by atoms with Crippen molar-refractivity contribution in [3.8, 4) is 10.7 Å². The fourth-order valence-corrected chi connectivity index (χ4v) is 2.93. The summed E-state index contributed by atoms with van der Waals surface area (Å²) in [5.41, 5.74) is 1.05. The molecule has 0 saturated carbocycles. The van der Waals surface area contributed by atoms with E-state index in [-0.39, 0.29) is 4.96 Å². The van der Waals surface area contributed by atoms with Crippen LogP contribution in [0.3, 0.4) is 0 Å². The summed E-state index contributed by atoms with van der Waals surface area (Å²) in [7, 11) is 0. The Hall–Kier alpha value is -2.20. The number of aromatic nitrogens is 6. The maximum Gasteiger partial charge on any atom is 0.453 e. The second-order valence-corrected chi connectivity index (χ2v) is 5.75. The average Bonchev–Trinajstić information content (AvgIpc) is 3.08. The molecule has 22 heavy (non-hydrogen) atoms. The molecule has 0 radical (unpaired) electrons. The summed E-state index contributed by atoms with van der Waals surface area (Å²) in [5.74, 6) is -1.16. The summed E-state index contributed by atoms with van der Waals surface area (Å²) in [6, 6.07) is 3.38. The minimum absolute atomic E-state index is 0.0532. The molecule has 6 nitrogen and oxygen atoms in total. The number of nitrogens with zero attached hydrogens (tertiary/aromatic N) is 6. The SMILES string of the molecule is FC(F)(F)c1nnc2sc(-c3cn4cc(Cl)ccc4n3)nn12. The lowest BCUT2D eigenvalue weighted by molar-refractivity contribution is -0.146. The van der Waals surface area contributed by atoms with Gasteiger partial charge in [0.15, 0.2) is 5.01 Å². The first-order valence-corrected chi connectivity index (χ1v) is 7.05. The lowest BCUT2D eigenvalue weighted by Crippen LogP contribution is -2.11. The Kier molecular flexibility index (Phi) is 2.69. The number of pyridine rings is 1. The van der Waals surface area contributed by atoms with Crippen LogP contribution in [-0.4, -0.2) is 29.2 Å². The maximum absolute atomic E-state index is 12.8. The van der Waals surface area contributed by atoms with E-state index in [0.717, 1.165) is 11.3 Å². The van der Waals surface area contributed by atoms with E-state index in [1.807, 2.05) is 0 Å². The van der Waals surface area contributed by atoms with E-state index >= 15 is 0 Å². The predicted octanol–water partition coefficient (Wildman–Crippen LogP) is 3.17. The number of imidazole rings is 1. The van der Waals surface area contributed by atoms with Crippen molar-refractivity contribution in [3.05, 3.63) is 35.4 Å². The summed E-state index contributed by atoms with van der Waals surface area (Å²) < 4.78 is 40.7. The number of fused-ring (bicyclic) bond motifs is 2. The van der Waals surface area contributed by atoms with Crippen LogP contribution in [0.4, 0.5) is 13.2 Å². The smallest absolute Gasteiger partial charge is 0.305 e. The van der Waals surface area contributed by atoms with Gasteiger partial charge in [-0.3, -0.25) is 0 Å². The van der Waals surface area contributed by atoms with Crippen LogP contribution in [0.5, 0.6) is 0 Å². The van der Waals surface area contributed by atoms with Gasteiger partial charge in [0.05, 0.1) is 5.02 Å². The van der Waals surface area contributed by atoms with Crippen LogP contribution in [0.15, 0.2) is 24.5 Å². The van der Waals surface area contributed by atoms with Crippen molar-refractivity contribution in [2.75, 3.05) is 0 Å². The summed E-state index contributed by atoms with van der Waals surface area (Å²) in [5, 5.41) is 11.3. The average molecular weight is 345 g/mol. The third-order valence-corrected chi connectivity index (χ3v) is 4.02. The van der Waals surface area contributed by atoms with Gasteiger partial charge < -0.3 is 4.40 Å². The topological polar surface area (TPSA) is 60.4 Å². The van der Waals surface area contributed by atoms with Gasteiger partial charge in [0, 0.05) is 12.4 Å². The zero-order chi connectivity index (χ0) is 15.5. The van der Waals surface area contributed by atoms with Gasteiger partial charge in [-0.1, -0.05) is 22.9 Å². The molecule has 0 saturated heterocycles. The molecule has 4 aromatic heterocycles. The summed E-state index contributed by atoms with van der Waals surface area (Å²) in [6.45, 7) is 0. The van der Waals surface area contributed by atoms with Gasteiger partial charge in [-0.25, -0.2) is 4.98 Å². The quantitative estimate of drug-likeness (QED) is 0.532. The molecule has 11 heteroatoms. The lowest BCUT2D eigenvalue weighted by atomic mass is 10.5. The molecule has 0 bridgehead atoms. The van der Waals surface area contributed by atoms with Crippen LogP contribution >= 0.6 is 22.9 Å². The van der Waals surface area contributed by atoms with Crippen molar-refractivity contribution in [3.63, 3.8) is 0 Å². The zero-order valence-electron chi connectivity index (χ0n) is 10.4. The number of rotatable bonds is 1. The highest BCUT2D eigenvalue weighted by atomic mass is 35.5. The molecule has 112 valence electrons. The summed E-state index contributed by atoms with van der Waals surface area (Å²) in [6.07, 6.45) is -1.33. The number of hydrogen-bond acceptors (Lipinski definition) is 5. The zero-order valence-corrected chi connectivity index (χ0v) is 12.0. The highest BCUT2D eigenvalue weighted by molar-refractivity contribution is 7.19. The first-order chi connectivity index (χ1) is 10.4. The Morgan fingerprint density at radius 2 is 1.95 bits per heavy atom. The number of halogens is 4. The molecule has 0 fully saturated rings. The standard InChI is InChI=1S/C11H4ClF3N6S/c12-5-1-2-7-16-6(4-20(7)3-5)8-19-21-9(11(13,14)15)17-18-10(21)22-8/h1-4H. The molecular formula is C11H4ClF3N6S. The van der Waals surface area contributed by atoms with Gasteiger partial charge in [0.2, 0.25) is 4.96 Å². The Labute approximate surface area is 128 Å². The highest BCUT2D eigenvalue weighted by Gasteiger charge is 2.38. The van der Waals surface area contributed by atoms with Crippen LogP contribution < -0.4 is 0 Å². The summed E-state index contributed by atoms with van der Waals surface area (Å²) in [4.78, 5) is 4.35. The fourth-order valence-electron chi connectivity index (χ4n) is 1.96. The molecule has 4 aromatic rings. The molecule has 0 spiro atoms. The van der Waals surface area contributed by atoms with Crippen molar-refractivity contribution in [1.82, 2.24) is 29.2 Å². The molecule has 0 aliphatic rings. The van der Waals surface area contributed by atoms with Gasteiger partial charge in [-0.05, 0) is 12.1 Å². The monoisotopic (exact) mass is 344 g/mol. The van der Waals surface area contributed by atoms with Crippen LogP contribution in [0.1, 0.15) is 5.82 Å². The molecule has 0 aliphatic heterocycles. The first-order valence-electron chi connectivity index (χ1n) is 5.86. The van der Waals surface area contributed by atoms with Gasteiger partial charge in [0.1, 0.15) is 11.3 Å². The van der Waals surface area contributed by atoms with Crippen LogP contribution in [0.25, 0.3) is 21.3 Å². The highest BCUT2D eigenvalue weighted by Crippen LogP contribution is 2.31. The van der Waals surface area contributed by atoms with Crippen LogP contribution in [0, 0.1) is 0 Å². The van der Waals surface area contributed by atoms with Crippen LogP contribution in [-0.2, 0) is 6.18 Å². The lowest BCUT2D eigenvalue weighted by Gasteiger charge is -1.99. The fraction of sp³-hybridized carbons (Fsp3) is 0.0909. The molecule has 0 aliphatic carbocycles. The predicted molar refractivity (Wildman–Crippen MR) is 72.9 cm³/mol. The Bertz CT molecular complexity index is 1000. The number of hydrogen-bond donors (Lipinski definition) is 0. The van der Waals surface area contributed by atoms with Gasteiger partial charge in [-0.15, -0.1) is 10.2 Å². The maximum atomic E-state index is 12.8. The minimum atomic E-state index is -4.61. The molecule has 4 rings (SSSR count). The van der Waals surface area contributed by atoms with Crippen molar-refractivity contribution < 1.29 is 13.2 Å². The van der Waals surface area contributed by atoms with Crippen molar-refractivity contribution in [2.45, 2.75) is 6.18 Å². The Morgan fingerprint density at radius 3 is 2.73 bits per heavy atom. The second-order valence-electron chi connectivity index (χ2n) is 4.36. The van der Waals surface area contributed by atoms with Crippen LogP contribution in [0.2, 0.25) is 5.02 Å². The van der Waals surface area contributed by atoms with E-state index in [4.69, 9.17) is 11.6 Å². The molecule has 0 atom stereocenters. The van der Waals surface area contributed by atoms with E-state index < -0.39 is 12.0 Å². The number of alkyl halides is 3. The Morgan fingerprint density at radius 1 is 1.14 bits per heavy atom. The third kappa shape index (κ3) is 2.03. The normalized spacial score (nSPS) is 12.5. The van der Waals surface area contributed by atoms with Gasteiger partial charge >= 0.3 is 6.18 Å².